The van der Waals surface area contributed by atoms with Crippen LogP contribution in [0, 0.1) is 17.0 Å². The monoisotopic (exact) mass is 252 g/mol. The molecule has 0 aliphatic heterocycles. The number of ether oxygens (including phenoxy) is 1. The van der Waals surface area contributed by atoms with E-state index in [0.29, 0.717) is 13.2 Å². The second-order valence-electron chi connectivity index (χ2n) is 4.26. The van der Waals surface area contributed by atoms with Crippen LogP contribution in [0.2, 0.25) is 0 Å². The summed E-state index contributed by atoms with van der Waals surface area (Å²) < 4.78 is 5.10. The molecule has 18 heavy (non-hydrogen) atoms. The molecular formula is C13H20N2O3. The lowest BCUT2D eigenvalue weighted by atomic mass is 10.1. The zero-order valence-corrected chi connectivity index (χ0v) is 11.1. The molecule has 0 saturated heterocycles. The lowest BCUT2D eigenvalue weighted by molar-refractivity contribution is -0.385. The van der Waals surface area contributed by atoms with Gasteiger partial charge in [0.05, 0.1) is 11.5 Å². The second kappa shape index (κ2) is 7.08. The molecule has 0 saturated carbocycles. The second-order valence-corrected chi connectivity index (χ2v) is 4.26. The third-order valence-electron chi connectivity index (χ3n) is 3.06. The van der Waals surface area contributed by atoms with Gasteiger partial charge in [-0.3, -0.25) is 10.1 Å². The summed E-state index contributed by atoms with van der Waals surface area (Å²) in [5, 5.41) is 14.2. The molecule has 0 radical (unpaired) electrons. The number of hydrogen-bond acceptors (Lipinski definition) is 4. The molecule has 5 heteroatoms. The predicted octanol–water partition coefficient (Wildman–Crippen LogP) is 2.42. The van der Waals surface area contributed by atoms with E-state index >= 15 is 0 Å². The fourth-order valence-corrected chi connectivity index (χ4v) is 1.84. The molecule has 100 valence electrons. The lowest BCUT2D eigenvalue weighted by Crippen LogP contribution is -2.32. The minimum atomic E-state index is -0.342. The maximum Gasteiger partial charge on any atom is 0.272 e. The standard InChI is InChI=1S/C13H20N2O3/c1-4-12(9-18-3)14-8-11-6-5-7-13(10(11)2)15(16)17/h5-7,12,14H,4,8-9H2,1-3H3. The molecule has 1 unspecified atom stereocenters. The average molecular weight is 252 g/mol. The molecule has 0 fully saturated rings. The van der Waals surface area contributed by atoms with Crippen molar-refractivity contribution in [3.05, 3.63) is 39.4 Å². The SMILES string of the molecule is CCC(COC)NCc1cccc([N+](=O)[O-])c1C. The Balaban J connectivity index is 2.73. The highest BCUT2D eigenvalue weighted by atomic mass is 16.6. The van der Waals surface area contributed by atoms with Gasteiger partial charge in [-0.15, -0.1) is 0 Å². The third kappa shape index (κ3) is 3.78. The molecule has 5 nitrogen and oxygen atoms in total. The molecule has 0 amide bonds. The van der Waals surface area contributed by atoms with Crippen LogP contribution in [-0.4, -0.2) is 24.7 Å². The Morgan fingerprint density at radius 2 is 2.22 bits per heavy atom. The number of nitro benzene ring substituents is 1. The quantitative estimate of drug-likeness (QED) is 0.598. The van der Waals surface area contributed by atoms with Gasteiger partial charge in [0.1, 0.15) is 0 Å². The molecule has 1 atom stereocenters. The Morgan fingerprint density at radius 1 is 1.50 bits per heavy atom. The van der Waals surface area contributed by atoms with Crippen molar-refractivity contribution in [1.29, 1.82) is 0 Å². The van der Waals surface area contributed by atoms with Crippen LogP contribution in [0.25, 0.3) is 0 Å². The van der Waals surface area contributed by atoms with Crippen molar-refractivity contribution in [1.82, 2.24) is 5.32 Å². The molecule has 1 aromatic carbocycles. The van der Waals surface area contributed by atoms with Crippen molar-refractivity contribution < 1.29 is 9.66 Å². The van der Waals surface area contributed by atoms with Crippen LogP contribution in [-0.2, 0) is 11.3 Å². The molecule has 0 bridgehead atoms. The number of hydrogen-bond donors (Lipinski definition) is 1. The van der Waals surface area contributed by atoms with E-state index in [4.69, 9.17) is 4.74 Å². The van der Waals surface area contributed by atoms with Crippen LogP contribution in [0.3, 0.4) is 0 Å². The van der Waals surface area contributed by atoms with Crippen molar-refractivity contribution in [2.45, 2.75) is 32.9 Å². The van der Waals surface area contributed by atoms with Crippen molar-refractivity contribution in [2.75, 3.05) is 13.7 Å². The molecule has 1 N–H and O–H groups in total. The average Bonchev–Trinajstić information content (AvgIpc) is 2.35. The summed E-state index contributed by atoms with van der Waals surface area (Å²) in [6, 6.07) is 5.44. The Bertz CT molecular complexity index is 407. The first-order chi connectivity index (χ1) is 8.60. The minimum Gasteiger partial charge on any atom is -0.383 e. The van der Waals surface area contributed by atoms with Crippen LogP contribution in [0.4, 0.5) is 5.69 Å². The Morgan fingerprint density at radius 3 is 2.78 bits per heavy atom. The maximum absolute atomic E-state index is 10.8. The maximum atomic E-state index is 10.8. The summed E-state index contributed by atoms with van der Waals surface area (Å²) in [4.78, 5) is 10.5. The van der Waals surface area contributed by atoms with Gasteiger partial charge in [0.2, 0.25) is 0 Å². The van der Waals surface area contributed by atoms with Gasteiger partial charge in [-0.05, 0) is 18.9 Å². The van der Waals surface area contributed by atoms with Gasteiger partial charge >= 0.3 is 0 Å². The normalized spacial score (nSPS) is 12.4. The number of nitrogens with one attached hydrogen (secondary N) is 1. The van der Waals surface area contributed by atoms with Gasteiger partial charge in [-0.1, -0.05) is 19.1 Å². The van der Waals surface area contributed by atoms with E-state index in [9.17, 15) is 10.1 Å². The molecule has 0 aliphatic carbocycles. The van der Waals surface area contributed by atoms with Gasteiger partial charge in [-0.25, -0.2) is 0 Å². The van der Waals surface area contributed by atoms with Crippen molar-refractivity contribution in [3.8, 4) is 0 Å². The third-order valence-corrected chi connectivity index (χ3v) is 3.06. The van der Waals surface area contributed by atoms with Crippen LogP contribution >= 0.6 is 0 Å². The number of nitrogens with zero attached hydrogens (tertiary/aromatic N) is 1. The summed E-state index contributed by atoms with van der Waals surface area (Å²) in [5.41, 5.74) is 1.86. The highest BCUT2D eigenvalue weighted by Crippen LogP contribution is 2.20. The molecule has 0 aromatic heterocycles. The van der Waals surface area contributed by atoms with Crippen molar-refractivity contribution in [2.24, 2.45) is 0 Å². The van der Waals surface area contributed by atoms with E-state index in [1.165, 1.54) is 6.07 Å². The number of nitro groups is 1. The first-order valence-electron chi connectivity index (χ1n) is 6.05. The first-order valence-corrected chi connectivity index (χ1v) is 6.05. The molecular weight excluding hydrogens is 232 g/mol. The summed E-state index contributed by atoms with van der Waals surface area (Å²) in [6.45, 7) is 5.13. The fraction of sp³-hybridized carbons (Fsp3) is 0.538. The first kappa shape index (κ1) is 14.6. The molecule has 1 aromatic rings. The van der Waals surface area contributed by atoms with Crippen molar-refractivity contribution in [3.63, 3.8) is 0 Å². The Labute approximate surface area is 107 Å². The van der Waals surface area contributed by atoms with Gasteiger partial charge in [-0.2, -0.15) is 0 Å². The van der Waals surface area contributed by atoms with E-state index in [1.807, 2.05) is 6.07 Å². The van der Waals surface area contributed by atoms with Gasteiger partial charge in [0.15, 0.2) is 0 Å². The Kier molecular flexibility index (Phi) is 5.74. The van der Waals surface area contributed by atoms with Gasteiger partial charge in [0, 0.05) is 31.3 Å². The van der Waals surface area contributed by atoms with Crippen LogP contribution in [0.5, 0.6) is 0 Å². The van der Waals surface area contributed by atoms with E-state index < -0.39 is 0 Å². The minimum absolute atomic E-state index is 0.175. The lowest BCUT2D eigenvalue weighted by Gasteiger charge is -2.16. The Hall–Kier alpha value is -1.46. The highest BCUT2D eigenvalue weighted by molar-refractivity contribution is 5.44. The van der Waals surface area contributed by atoms with Crippen LogP contribution < -0.4 is 5.32 Å². The highest BCUT2D eigenvalue weighted by Gasteiger charge is 2.13. The summed E-state index contributed by atoms with van der Waals surface area (Å²) >= 11 is 0. The summed E-state index contributed by atoms with van der Waals surface area (Å²) in [6.07, 6.45) is 0.960. The summed E-state index contributed by atoms with van der Waals surface area (Å²) in [7, 11) is 1.67. The van der Waals surface area contributed by atoms with E-state index in [2.05, 4.69) is 12.2 Å². The largest absolute Gasteiger partial charge is 0.383 e. The van der Waals surface area contributed by atoms with E-state index in [-0.39, 0.29) is 16.7 Å². The summed E-state index contributed by atoms with van der Waals surface area (Å²) in [5.74, 6) is 0. The molecule has 0 spiro atoms. The number of benzene rings is 1. The molecule has 0 heterocycles. The zero-order valence-electron chi connectivity index (χ0n) is 11.1. The van der Waals surface area contributed by atoms with Gasteiger partial charge in [0.25, 0.3) is 5.69 Å². The molecule has 0 aliphatic rings. The predicted molar refractivity (Wildman–Crippen MR) is 70.6 cm³/mol. The van der Waals surface area contributed by atoms with Crippen molar-refractivity contribution >= 4 is 5.69 Å². The number of methoxy groups -OCH3 is 1. The van der Waals surface area contributed by atoms with Crippen LogP contribution in [0.1, 0.15) is 24.5 Å². The zero-order chi connectivity index (χ0) is 13.5. The van der Waals surface area contributed by atoms with Gasteiger partial charge < -0.3 is 10.1 Å². The topological polar surface area (TPSA) is 64.4 Å². The fourth-order valence-electron chi connectivity index (χ4n) is 1.84. The van der Waals surface area contributed by atoms with E-state index in [0.717, 1.165) is 17.5 Å². The van der Waals surface area contributed by atoms with Crippen LogP contribution in [0.15, 0.2) is 18.2 Å². The number of rotatable bonds is 7. The van der Waals surface area contributed by atoms with E-state index in [1.54, 1.807) is 20.1 Å². The smallest absolute Gasteiger partial charge is 0.272 e. The molecule has 1 rings (SSSR count).